The fourth-order valence-corrected chi connectivity index (χ4v) is 1.07. The minimum atomic E-state index is -4.98. The van der Waals surface area contributed by atoms with Gasteiger partial charge in [-0.05, 0) is 12.1 Å². The molecule has 0 aliphatic carbocycles. The van der Waals surface area contributed by atoms with E-state index in [4.69, 9.17) is 11.6 Å². The largest absolute Gasteiger partial charge is 1.00 e. The minimum Gasteiger partial charge on any atom is -0.495 e. The first-order valence-corrected chi connectivity index (χ1v) is 3.86. The molecule has 0 aliphatic rings. The molecule has 0 spiro atoms. The van der Waals surface area contributed by atoms with Crippen LogP contribution in [-0.4, -0.2) is 14.1 Å². The molecular weight excluding hydrogens is 242 g/mol. The molecule has 1 aromatic carbocycles. The van der Waals surface area contributed by atoms with Crippen LogP contribution in [0.4, 0.5) is 12.9 Å². The third-order valence-corrected chi connectivity index (χ3v) is 1.87. The van der Waals surface area contributed by atoms with Crippen LogP contribution >= 0.6 is 11.6 Å². The Morgan fingerprint density at radius 3 is 2.29 bits per heavy atom. The van der Waals surface area contributed by atoms with Gasteiger partial charge in [0.05, 0.1) is 12.1 Å². The average molecular weight is 248 g/mol. The smallest absolute Gasteiger partial charge is 0.495 e. The molecule has 0 aliphatic heterocycles. The van der Waals surface area contributed by atoms with E-state index in [9.17, 15) is 12.9 Å². The van der Waals surface area contributed by atoms with Gasteiger partial charge < -0.3 is 17.7 Å². The second-order valence-electron chi connectivity index (χ2n) is 2.47. The molecule has 72 valence electrons. The second-order valence-corrected chi connectivity index (χ2v) is 2.88. The van der Waals surface area contributed by atoms with Crippen molar-refractivity contribution in [1.82, 2.24) is 0 Å². The minimum absolute atomic E-state index is 0. The van der Waals surface area contributed by atoms with Crippen LogP contribution < -0.4 is 61.6 Å². The van der Waals surface area contributed by atoms with Crippen molar-refractivity contribution in [3.8, 4) is 5.75 Å². The zero-order valence-corrected chi connectivity index (χ0v) is 11.6. The molecule has 0 saturated heterocycles. The molecule has 0 heterocycles. The number of benzene rings is 1. The summed E-state index contributed by atoms with van der Waals surface area (Å²) in [4.78, 5) is 0. The topological polar surface area (TPSA) is 9.23 Å². The van der Waals surface area contributed by atoms with Crippen LogP contribution in [0, 0.1) is 0 Å². The van der Waals surface area contributed by atoms with Gasteiger partial charge in [-0.25, -0.2) is 0 Å². The van der Waals surface area contributed by atoms with Crippen molar-refractivity contribution >= 4 is 24.0 Å². The Morgan fingerprint density at radius 2 is 1.86 bits per heavy atom. The molecule has 0 saturated carbocycles. The summed E-state index contributed by atoms with van der Waals surface area (Å²) in [6.07, 6.45) is 0. The van der Waals surface area contributed by atoms with E-state index in [1.807, 2.05) is 0 Å². The molecule has 1 aromatic rings. The predicted octanol–water partition coefficient (Wildman–Crippen LogP) is -0.593. The molecular formula is C7H6BClF3KO. The number of halogens is 4. The quantitative estimate of drug-likeness (QED) is 0.636. The van der Waals surface area contributed by atoms with Gasteiger partial charge in [-0.1, -0.05) is 17.7 Å². The van der Waals surface area contributed by atoms with Crippen molar-refractivity contribution < 1.29 is 69.1 Å². The molecule has 0 fully saturated rings. The van der Waals surface area contributed by atoms with Gasteiger partial charge >= 0.3 is 58.4 Å². The van der Waals surface area contributed by atoms with E-state index in [0.29, 0.717) is 0 Å². The molecule has 0 N–H and O–H groups in total. The summed E-state index contributed by atoms with van der Waals surface area (Å²) in [7, 11) is 1.27. The second kappa shape index (κ2) is 5.77. The maximum atomic E-state index is 12.2. The van der Waals surface area contributed by atoms with E-state index < -0.39 is 12.4 Å². The van der Waals surface area contributed by atoms with E-state index >= 15 is 0 Å². The van der Waals surface area contributed by atoms with Crippen LogP contribution in [0.25, 0.3) is 0 Å². The summed E-state index contributed by atoms with van der Waals surface area (Å²) in [6, 6.07) is 3.00. The fourth-order valence-electron chi connectivity index (χ4n) is 0.880. The third-order valence-electron chi connectivity index (χ3n) is 1.55. The van der Waals surface area contributed by atoms with Crippen LogP contribution in [0.15, 0.2) is 18.2 Å². The van der Waals surface area contributed by atoms with Gasteiger partial charge in [-0.15, -0.1) is 5.46 Å². The van der Waals surface area contributed by atoms with Gasteiger partial charge in [-0.3, -0.25) is 0 Å². The maximum absolute atomic E-state index is 12.2. The van der Waals surface area contributed by atoms with Gasteiger partial charge in [-0.2, -0.15) is 0 Å². The van der Waals surface area contributed by atoms with Gasteiger partial charge in [0, 0.05) is 0 Å². The van der Waals surface area contributed by atoms with Crippen molar-refractivity contribution in [2.45, 2.75) is 0 Å². The summed E-state index contributed by atoms with van der Waals surface area (Å²) in [5, 5.41) is 0.173. The van der Waals surface area contributed by atoms with Crippen molar-refractivity contribution in [2.24, 2.45) is 0 Å². The fraction of sp³-hybridized carbons (Fsp3) is 0.143. The molecule has 0 unspecified atom stereocenters. The Labute approximate surface area is 127 Å². The van der Waals surface area contributed by atoms with E-state index in [1.165, 1.54) is 13.2 Å². The monoisotopic (exact) mass is 248 g/mol. The van der Waals surface area contributed by atoms with Gasteiger partial charge in [0.25, 0.3) is 0 Å². The molecule has 0 atom stereocenters. The van der Waals surface area contributed by atoms with Gasteiger partial charge in [0.15, 0.2) is 0 Å². The number of hydrogen-bond acceptors (Lipinski definition) is 1. The normalized spacial score (nSPS) is 10.6. The van der Waals surface area contributed by atoms with Crippen LogP contribution in [0.3, 0.4) is 0 Å². The van der Waals surface area contributed by atoms with E-state index in [-0.39, 0.29) is 62.2 Å². The summed E-state index contributed by atoms with van der Waals surface area (Å²) in [5.74, 6) is 0.0402. The first-order valence-electron chi connectivity index (χ1n) is 3.48. The van der Waals surface area contributed by atoms with Crippen molar-refractivity contribution in [1.29, 1.82) is 0 Å². The Kier molecular flexibility index (Phi) is 6.10. The predicted molar refractivity (Wildman–Crippen MR) is 46.7 cm³/mol. The molecule has 14 heavy (non-hydrogen) atoms. The zero-order valence-electron chi connectivity index (χ0n) is 7.73. The first kappa shape index (κ1) is 14.8. The average Bonchev–Trinajstić information content (AvgIpc) is 2.03. The van der Waals surface area contributed by atoms with Gasteiger partial charge in [0.1, 0.15) is 5.75 Å². The number of ether oxygens (including phenoxy) is 1. The van der Waals surface area contributed by atoms with Crippen LogP contribution in [0.1, 0.15) is 0 Å². The van der Waals surface area contributed by atoms with Crippen molar-refractivity contribution in [2.75, 3.05) is 7.11 Å². The number of methoxy groups -OCH3 is 1. The number of rotatable bonds is 2. The molecule has 0 aromatic heterocycles. The number of hydrogen-bond donors (Lipinski definition) is 0. The van der Waals surface area contributed by atoms with Crippen molar-refractivity contribution in [3.05, 3.63) is 23.2 Å². The van der Waals surface area contributed by atoms with Crippen LogP contribution in [0.2, 0.25) is 5.02 Å². The summed E-state index contributed by atoms with van der Waals surface area (Å²) < 4.78 is 41.3. The zero-order chi connectivity index (χ0) is 10.1. The van der Waals surface area contributed by atoms with Crippen LogP contribution in [-0.2, 0) is 0 Å². The van der Waals surface area contributed by atoms with E-state index in [2.05, 4.69) is 4.74 Å². The Balaban J connectivity index is 0.00000169. The molecule has 1 nitrogen and oxygen atoms in total. The molecule has 7 heteroatoms. The molecule has 0 amide bonds. The summed E-state index contributed by atoms with van der Waals surface area (Å²) in [6.45, 7) is -4.98. The van der Waals surface area contributed by atoms with Crippen molar-refractivity contribution in [3.63, 3.8) is 0 Å². The summed E-state index contributed by atoms with van der Waals surface area (Å²) >= 11 is 5.56. The summed E-state index contributed by atoms with van der Waals surface area (Å²) in [5.41, 5.74) is -0.707. The molecule has 1 rings (SSSR count). The third kappa shape index (κ3) is 3.75. The molecule has 0 radical (unpaired) electrons. The first-order chi connectivity index (χ1) is 5.95. The van der Waals surface area contributed by atoms with E-state index in [1.54, 1.807) is 0 Å². The van der Waals surface area contributed by atoms with Crippen LogP contribution in [0.5, 0.6) is 5.75 Å². The molecule has 0 bridgehead atoms. The maximum Gasteiger partial charge on any atom is 1.00 e. The Morgan fingerprint density at radius 1 is 1.29 bits per heavy atom. The standard InChI is InChI=1S/C7H6BClF3O.K/c1-13-7-4-5(8(10,11)12)2-3-6(7)9;/h2-4H,1H3;/q-1;+1. The Bertz CT molecular complexity index is 318. The SMILES string of the molecule is COc1cc([B-](F)(F)F)ccc1Cl.[K+]. The van der Waals surface area contributed by atoms with E-state index in [0.717, 1.165) is 12.1 Å². The Hall–Kier alpha value is 0.801. The van der Waals surface area contributed by atoms with Gasteiger partial charge in [0.2, 0.25) is 0 Å².